The first-order valence-electron chi connectivity index (χ1n) is 4.61. The van der Waals surface area contributed by atoms with E-state index < -0.39 is 3.79 Å². The van der Waals surface area contributed by atoms with E-state index in [1.807, 2.05) is 35.7 Å². The van der Waals surface area contributed by atoms with Crippen LogP contribution < -0.4 is 0 Å². The topological polar surface area (TPSA) is 12.9 Å². The van der Waals surface area contributed by atoms with Gasteiger partial charge in [-0.1, -0.05) is 65.1 Å². The molecule has 0 fully saturated rings. The van der Waals surface area contributed by atoms with Crippen LogP contribution in [0.4, 0.5) is 0 Å². The molecule has 5 heteroatoms. The van der Waals surface area contributed by atoms with Crippen LogP contribution in [-0.2, 0) is 6.42 Å². The molecule has 1 aromatic heterocycles. The van der Waals surface area contributed by atoms with Gasteiger partial charge in [-0.2, -0.15) is 0 Å². The van der Waals surface area contributed by atoms with Gasteiger partial charge < -0.3 is 0 Å². The molecule has 0 unspecified atom stereocenters. The average molecular weight is 293 g/mol. The SMILES string of the molecule is ClC(Cl)(Cl)Cc1csc(-c2ccccc2)n1. The van der Waals surface area contributed by atoms with E-state index in [2.05, 4.69) is 4.98 Å². The molecule has 0 bridgehead atoms. The van der Waals surface area contributed by atoms with Crippen LogP contribution in [0.3, 0.4) is 0 Å². The standard InChI is InChI=1S/C11H8Cl3NS/c12-11(13,14)6-9-7-16-10(15-9)8-4-2-1-3-5-8/h1-5,7H,6H2. The van der Waals surface area contributed by atoms with E-state index in [9.17, 15) is 0 Å². The van der Waals surface area contributed by atoms with Crippen LogP contribution in [0.2, 0.25) is 0 Å². The van der Waals surface area contributed by atoms with Gasteiger partial charge >= 0.3 is 0 Å². The van der Waals surface area contributed by atoms with Crippen molar-refractivity contribution in [3.8, 4) is 10.6 Å². The fourth-order valence-electron chi connectivity index (χ4n) is 1.31. The lowest BCUT2D eigenvalue weighted by molar-refractivity contribution is 0.974. The molecule has 0 spiro atoms. The van der Waals surface area contributed by atoms with Crippen LogP contribution in [0.15, 0.2) is 35.7 Å². The monoisotopic (exact) mass is 291 g/mol. The van der Waals surface area contributed by atoms with Crippen molar-refractivity contribution >= 4 is 46.1 Å². The number of halogens is 3. The van der Waals surface area contributed by atoms with E-state index in [1.54, 1.807) is 11.3 Å². The molecule has 0 atom stereocenters. The van der Waals surface area contributed by atoms with Crippen molar-refractivity contribution in [2.45, 2.75) is 10.2 Å². The third-order valence-electron chi connectivity index (χ3n) is 1.95. The van der Waals surface area contributed by atoms with Gasteiger partial charge in [0.15, 0.2) is 3.79 Å². The minimum atomic E-state index is -1.28. The number of nitrogens with zero attached hydrogens (tertiary/aromatic N) is 1. The quantitative estimate of drug-likeness (QED) is 0.730. The van der Waals surface area contributed by atoms with Gasteiger partial charge in [0.1, 0.15) is 5.01 Å². The molecule has 0 aliphatic heterocycles. The van der Waals surface area contributed by atoms with Gasteiger partial charge in [0, 0.05) is 17.4 Å². The Labute approximate surface area is 113 Å². The number of alkyl halides is 3. The Kier molecular flexibility index (Phi) is 3.75. The molecule has 0 amide bonds. The zero-order valence-electron chi connectivity index (χ0n) is 8.16. The minimum absolute atomic E-state index is 0.334. The van der Waals surface area contributed by atoms with Crippen molar-refractivity contribution < 1.29 is 0 Å². The van der Waals surface area contributed by atoms with Crippen molar-refractivity contribution in [1.82, 2.24) is 4.98 Å². The van der Waals surface area contributed by atoms with Gasteiger partial charge in [-0.05, 0) is 0 Å². The van der Waals surface area contributed by atoms with Crippen LogP contribution in [0.5, 0.6) is 0 Å². The van der Waals surface area contributed by atoms with Gasteiger partial charge in [-0.3, -0.25) is 0 Å². The summed E-state index contributed by atoms with van der Waals surface area (Å²) in [6.07, 6.45) is 0.334. The number of aromatic nitrogens is 1. The van der Waals surface area contributed by atoms with Crippen molar-refractivity contribution in [1.29, 1.82) is 0 Å². The zero-order valence-corrected chi connectivity index (χ0v) is 11.2. The van der Waals surface area contributed by atoms with Crippen molar-refractivity contribution in [2.75, 3.05) is 0 Å². The molecular formula is C11H8Cl3NS. The van der Waals surface area contributed by atoms with Gasteiger partial charge in [0.2, 0.25) is 0 Å². The maximum Gasteiger partial charge on any atom is 0.196 e. The molecule has 0 radical (unpaired) electrons. The lowest BCUT2D eigenvalue weighted by atomic mass is 10.2. The fraction of sp³-hybridized carbons (Fsp3) is 0.182. The first kappa shape index (κ1) is 12.2. The summed E-state index contributed by atoms with van der Waals surface area (Å²) in [5.41, 5.74) is 1.90. The Hall–Kier alpha value is -0.280. The Morgan fingerprint density at radius 3 is 2.44 bits per heavy atom. The Morgan fingerprint density at radius 2 is 1.81 bits per heavy atom. The molecule has 2 aromatic rings. The summed E-state index contributed by atoms with van der Waals surface area (Å²) < 4.78 is -1.28. The molecule has 1 aromatic carbocycles. The molecule has 0 saturated heterocycles. The molecule has 0 N–H and O–H groups in total. The van der Waals surface area contributed by atoms with Crippen molar-refractivity contribution in [2.24, 2.45) is 0 Å². The predicted molar refractivity (Wildman–Crippen MR) is 71.5 cm³/mol. The number of hydrogen-bond acceptors (Lipinski definition) is 2. The van der Waals surface area contributed by atoms with Gasteiger partial charge in [-0.15, -0.1) is 11.3 Å². The molecular weight excluding hydrogens is 285 g/mol. The Balaban J connectivity index is 2.21. The second kappa shape index (κ2) is 4.92. The maximum atomic E-state index is 5.72. The van der Waals surface area contributed by atoms with E-state index in [0.29, 0.717) is 6.42 Å². The van der Waals surface area contributed by atoms with E-state index >= 15 is 0 Å². The smallest absolute Gasteiger partial charge is 0.196 e. The highest BCUT2D eigenvalue weighted by atomic mass is 35.6. The highest BCUT2D eigenvalue weighted by Gasteiger charge is 2.21. The summed E-state index contributed by atoms with van der Waals surface area (Å²) >= 11 is 18.7. The van der Waals surface area contributed by atoms with Crippen LogP contribution in [0.1, 0.15) is 5.69 Å². The Bertz CT molecular complexity index is 462. The number of rotatable bonds is 2. The summed E-state index contributed by atoms with van der Waals surface area (Å²) in [5, 5.41) is 2.87. The minimum Gasteiger partial charge on any atom is -0.241 e. The first-order valence-corrected chi connectivity index (χ1v) is 6.62. The summed E-state index contributed by atoms with van der Waals surface area (Å²) in [7, 11) is 0. The second-order valence-corrected chi connectivity index (χ2v) is 6.68. The summed E-state index contributed by atoms with van der Waals surface area (Å²) in [6.45, 7) is 0. The fourth-order valence-corrected chi connectivity index (χ4v) is 2.54. The van der Waals surface area contributed by atoms with Crippen LogP contribution in [0, 0.1) is 0 Å². The molecule has 84 valence electrons. The normalized spacial score (nSPS) is 11.7. The van der Waals surface area contributed by atoms with E-state index in [1.165, 1.54) is 0 Å². The van der Waals surface area contributed by atoms with Crippen LogP contribution in [-0.4, -0.2) is 8.78 Å². The highest BCUT2D eigenvalue weighted by molar-refractivity contribution is 7.13. The predicted octanol–water partition coefficient (Wildman–Crippen LogP) is 4.72. The summed E-state index contributed by atoms with van der Waals surface area (Å²) in [4.78, 5) is 4.43. The van der Waals surface area contributed by atoms with Gasteiger partial charge in [0.05, 0.1) is 5.69 Å². The Morgan fingerprint density at radius 1 is 1.12 bits per heavy atom. The maximum absolute atomic E-state index is 5.72. The molecule has 0 aliphatic carbocycles. The third-order valence-corrected chi connectivity index (χ3v) is 3.30. The molecule has 1 nitrogen and oxygen atoms in total. The van der Waals surface area contributed by atoms with E-state index in [0.717, 1.165) is 16.3 Å². The van der Waals surface area contributed by atoms with Crippen molar-refractivity contribution in [3.63, 3.8) is 0 Å². The van der Waals surface area contributed by atoms with Crippen LogP contribution >= 0.6 is 46.1 Å². The molecule has 1 heterocycles. The van der Waals surface area contributed by atoms with E-state index in [4.69, 9.17) is 34.8 Å². The van der Waals surface area contributed by atoms with E-state index in [-0.39, 0.29) is 0 Å². The number of thiazole rings is 1. The number of benzene rings is 1. The van der Waals surface area contributed by atoms with Crippen molar-refractivity contribution in [3.05, 3.63) is 41.4 Å². The second-order valence-electron chi connectivity index (χ2n) is 3.30. The van der Waals surface area contributed by atoms with Gasteiger partial charge in [-0.25, -0.2) is 4.98 Å². The van der Waals surface area contributed by atoms with Crippen LogP contribution in [0.25, 0.3) is 10.6 Å². The van der Waals surface area contributed by atoms with Gasteiger partial charge in [0.25, 0.3) is 0 Å². The zero-order chi connectivity index (χ0) is 11.6. The summed E-state index contributed by atoms with van der Waals surface area (Å²) in [6, 6.07) is 9.95. The lowest BCUT2D eigenvalue weighted by Gasteiger charge is -2.06. The lowest BCUT2D eigenvalue weighted by Crippen LogP contribution is -2.06. The largest absolute Gasteiger partial charge is 0.241 e. The molecule has 0 saturated carbocycles. The number of hydrogen-bond donors (Lipinski definition) is 0. The first-order chi connectivity index (χ1) is 7.54. The molecule has 0 aliphatic rings. The molecule has 2 rings (SSSR count). The average Bonchev–Trinajstić information content (AvgIpc) is 2.65. The highest BCUT2D eigenvalue weighted by Crippen LogP contribution is 2.32. The third kappa shape index (κ3) is 3.36. The molecule has 16 heavy (non-hydrogen) atoms. The summed E-state index contributed by atoms with van der Waals surface area (Å²) in [5.74, 6) is 0.